The Morgan fingerprint density at radius 2 is 1.49 bits per heavy atom. The lowest BCUT2D eigenvalue weighted by Gasteiger charge is -2.19. The molecule has 5 N–H and O–H groups in total. The van der Waals surface area contributed by atoms with E-state index in [1.54, 1.807) is 20.8 Å². The van der Waals surface area contributed by atoms with Gasteiger partial charge in [0.05, 0.1) is 39.7 Å². The molecule has 0 bridgehead atoms. The zero-order valence-corrected chi connectivity index (χ0v) is 29.2. The first-order valence-corrected chi connectivity index (χ1v) is 18.7. The molecule has 4 aromatic rings. The Morgan fingerprint density at radius 3 is 2.02 bits per heavy atom. The van der Waals surface area contributed by atoms with Crippen LogP contribution in [0.1, 0.15) is 26.3 Å². The average Bonchev–Trinajstić information content (AvgIpc) is 3.01. The second-order valence-electron chi connectivity index (χ2n) is 10.5. The lowest BCUT2D eigenvalue weighted by molar-refractivity contribution is -0.114. The number of amides is 1. The SMILES string of the molecule is CCN(CC)S(=O)(=O)c1ccc(/N=N/c2cc(OC)c(Nc3c(S(=O)(=O)O)cc4cc(S(=O)(=O)O)cc(NC(C)=O)c4c3O)cc2C)cc1. The van der Waals surface area contributed by atoms with E-state index in [1.165, 1.54) is 47.8 Å². The van der Waals surface area contributed by atoms with Crippen molar-refractivity contribution in [2.24, 2.45) is 10.2 Å². The number of benzene rings is 4. The van der Waals surface area contributed by atoms with Gasteiger partial charge in [-0.2, -0.15) is 31.4 Å². The van der Waals surface area contributed by atoms with Gasteiger partial charge >= 0.3 is 0 Å². The van der Waals surface area contributed by atoms with Crippen LogP contribution in [0.25, 0.3) is 10.8 Å². The molecule has 0 saturated heterocycles. The summed E-state index contributed by atoms with van der Waals surface area (Å²) in [6, 6.07) is 11.4. The number of aryl methyl sites for hydroxylation is 1. The lowest BCUT2D eigenvalue weighted by Crippen LogP contribution is -2.30. The van der Waals surface area contributed by atoms with Crippen LogP contribution in [-0.2, 0) is 35.1 Å². The molecule has 0 aromatic heterocycles. The number of hydrogen-bond acceptors (Lipinski definition) is 12. The van der Waals surface area contributed by atoms with Gasteiger partial charge in [-0.05, 0) is 66.4 Å². The number of aromatic hydroxyl groups is 1. The molecule has 4 aromatic carbocycles. The third-order valence-electron chi connectivity index (χ3n) is 7.27. The third-order valence-corrected chi connectivity index (χ3v) is 11.0. The van der Waals surface area contributed by atoms with Crippen molar-refractivity contribution >= 4 is 75.4 Å². The summed E-state index contributed by atoms with van der Waals surface area (Å²) in [5, 5.41) is 24.4. The highest BCUT2D eigenvalue weighted by atomic mass is 32.2. The van der Waals surface area contributed by atoms with Crippen LogP contribution < -0.4 is 15.4 Å². The monoisotopic (exact) mass is 735 g/mol. The molecule has 0 saturated carbocycles. The molecule has 0 aliphatic rings. The van der Waals surface area contributed by atoms with Gasteiger partial charge in [-0.15, -0.1) is 0 Å². The maximum absolute atomic E-state index is 12.8. The van der Waals surface area contributed by atoms with Crippen LogP contribution >= 0.6 is 0 Å². The van der Waals surface area contributed by atoms with E-state index in [2.05, 4.69) is 20.9 Å². The molecule has 4 rings (SSSR count). The van der Waals surface area contributed by atoms with Crippen molar-refractivity contribution in [1.29, 1.82) is 0 Å². The topological polar surface area (TPSA) is 241 Å². The van der Waals surface area contributed by atoms with E-state index >= 15 is 0 Å². The summed E-state index contributed by atoms with van der Waals surface area (Å²) in [6.07, 6.45) is 0. The first kappa shape index (κ1) is 37.2. The minimum Gasteiger partial charge on any atom is -0.505 e. The Balaban J connectivity index is 1.79. The number of nitrogens with one attached hydrogen (secondary N) is 2. The average molecular weight is 736 g/mol. The predicted octanol–water partition coefficient (Wildman–Crippen LogP) is 5.50. The number of azo groups is 1. The van der Waals surface area contributed by atoms with E-state index in [4.69, 9.17) is 4.74 Å². The fraction of sp³-hybridized carbons (Fsp3) is 0.233. The molecule has 0 heterocycles. The van der Waals surface area contributed by atoms with Crippen LogP contribution in [0.3, 0.4) is 0 Å². The second-order valence-corrected chi connectivity index (χ2v) is 15.3. The van der Waals surface area contributed by atoms with Crippen LogP contribution in [0.2, 0.25) is 0 Å². The van der Waals surface area contributed by atoms with Gasteiger partial charge < -0.3 is 20.5 Å². The van der Waals surface area contributed by atoms with E-state index in [1.807, 2.05) is 0 Å². The summed E-state index contributed by atoms with van der Waals surface area (Å²) < 4.78 is 101. The van der Waals surface area contributed by atoms with E-state index in [0.717, 1.165) is 25.1 Å². The molecule has 0 atom stereocenters. The first-order chi connectivity index (χ1) is 22.8. The number of methoxy groups -OCH3 is 1. The molecular weight excluding hydrogens is 703 g/mol. The zero-order chi connectivity index (χ0) is 36.5. The number of carbonyl (C=O) groups is 1. The van der Waals surface area contributed by atoms with Crippen molar-refractivity contribution in [3.63, 3.8) is 0 Å². The van der Waals surface area contributed by atoms with Crippen molar-refractivity contribution < 1.29 is 49.0 Å². The van der Waals surface area contributed by atoms with Crippen LogP contribution in [-0.4, -0.2) is 69.9 Å². The normalized spacial score (nSPS) is 12.5. The Bertz CT molecular complexity index is 2310. The molecule has 1 amide bonds. The summed E-state index contributed by atoms with van der Waals surface area (Å²) >= 11 is 0. The van der Waals surface area contributed by atoms with E-state index in [0.29, 0.717) is 30.0 Å². The van der Waals surface area contributed by atoms with Gasteiger partial charge in [-0.25, -0.2) is 8.42 Å². The second kappa shape index (κ2) is 14.1. The molecule has 0 radical (unpaired) electrons. The van der Waals surface area contributed by atoms with Gasteiger partial charge in [-0.1, -0.05) is 13.8 Å². The maximum Gasteiger partial charge on any atom is 0.296 e. The third kappa shape index (κ3) is 7.98. The first-order valence-electron chi connectivity index (χ1n) is 14.4. The van der Waals surface area contributed by atoms with Crippen LogP contribution in [0.5, 0.6) is 11.5 Å². The summed E-state index contributed by atoms with van der Waals surface area (Å²) in [4.78, 5) is 10.4. The smallest absolute Gasteiger partial charge is 0.296 e. The van der Waals surface area contributed by atoms with Crippen molar-refractivity contribution in [1.82, 2.24) is 4.31 Å². The molecule has 0 spiro atoms. The predicted molar refractivity (Wildman–Crippen MR) is 181 cm³/mol. The number of sulfonamides is 1. The fourth-order valence-corrected chi connectivity index (χ4v) is 7.61. The maximum atomic E-state index is 12.8. The molecular formula is C30H33N5O11S3. The number of nitrogens with zero attached hydrogens (tertiary/aromatic N) is 3. The van der Waals surface area contributed by atoms with E-state index < -0.39 is 57.4 Å². The Kier molecular flexibility index (Phi) is 10.7. The summed E-state index contributed by atoms with van der Waals surface area (Å²) in [5.74, 6) is -1.39. The Labute approximate surface area is 283 Å². The molecule has 0 unspecified atom stereocenters. The summed E-state index contributed by atoms with van der Waals surface area (Å²) in [5.41, 5.74) is 0.416. The number of phenolic OH excluding ortho intramolecular Hbond substituents is 1. The largest absolute Gasteiger partial charge is 0.505 e. The van der Waals surface area contributed by atoms with Gasteiger partial charge in [0.25, 0.3) is 20.2 Å². The summed E-state index contributed by atoms with van der Waals surface area (Å²) in [7, 11) is -12.3. The molecule has 0 aliphatic carbocycles. The number of anilines is 3. The number of hydrogen-bond donors (Lipinski definition) is 5. The molecule has 0 fully saturated rings. The van der Waals surface area contributed by atoms with Crippen molar-refractivity contribution in [2.45, 2.75) is 42.4 Å². The molecule has 49 heavy (non-hydrogen) atoms. The zero-order valence-electron chi connectivity index (χ0n) is 26.8. The number of rotatable bonds is 12. The summed E-state index contributed by atoms with van der Waals surface area (Å²) in [6.45, 7) is 6.88. The van der Waals surface area contributed by atoms with Crippen LogP contribution in [0, 0.1) is 6.92 Å². The van der Waals surface area contributed by atoms with Crippen molar-refractivity contribution in [3.05, 3.63) is 60.2 Å². The highest BCUT2D eigenvalue weighted by Crippen LogP contribution is 2.46. The number of phenols is 1. The van der Waals surface area contributed by atoms with E-state index in [9.17, 15) is 44.3 Å². The van der Waals surface area contributed by atoms with Crippen molar-refractivity contribution in [3.8, 4) is 11.5 Å². The highest BCUT2D eigenvalue weighted by molar-refractivity contribution is 7.89. The van der Waals surface area contributed by atoms with Gasteiger partial charge in [-0.3, -0.25) is 13.9 Å². The van der Waals surface area contributed by atoms with E-state index in [-0.39, 0.29) is 32.8 Å². The van der Waals surface area contributed by atoms with Gasteiger partial charge in [0.2, 0.25) is 15.9 Å². The van der Waals surface area contributed by atoms with Crippen LogP contribution in [0.15, 0.2) is 79.5 Å². The Hall–Kier alpha value is -4.66. The molecule has 262 valence electrons. The minimum atomic E-state index is -5.09. The molecule has 16 nitrogen and oxygen atoms in total. The minimum absolute atomic E-state index is 0.0878. The Morgan fingerprint density at radius 1 is 0.857 bits per heavy atom. The number of fused-ring (bicyclic) bond motifs is 1. The van der Waals surface area contributed by atoms with Crippen molar-refractivity contribution in [2.75, 3.05) is 30.8 Å². The standard InChI is InChI=1S/C30H33N5O11S3/c1-6-35(7-2)47(38,39)21-10-8-20(9-11-21)33-34-23-16-26(46-5)24(12-17(23)3)32-29-27(49(43,44)45)14-19-13-22(48(40,41)42)15-25(31-18(4)36)28(19)30(29)37/h8-16,32,37H,6-7H2,1-5H3,(H,31,36)(H,40,41,42)(H,43,44,45)/b34-33+. The number of ether oxygens (including phenoxy) is 1. The number of carbonyl (C=O) groups excluding carboxylic acids is 1. The van der Waals surface area contributed by atoms with Gasteiger partial charge in [0.1, 0.15) is 22.1 Å². The molecule has 19 heteroatoms. The lowest BCUT2D eigenvalue weighted by atomic mass is 10.1. The van der Waals surface area contributed by atoms with Gasteiger partial charge in [0, 0.05) is 31.5 Å². The fourth-order valence-electron chi connectivity index (χ4n) is 4.93. The van der Waals surface area contributed by atoms with Crippen LogP contribution in [0.4, 0.5) is 28.4 Å². The quantitative estimate of drug-likeness (QED) is 0.0688. The highest BCUT2D eigenvalue weighted by Gasteiger charge is 2.27. The molecule has 0 aliphatic heterocycles. The van der Waals surface area contributed by atoms with Gasteiger partial charge in [0.15, 0.2) is 0 Å².